The Morgan fingerprint density at radius 3 is 2.61 bits per heavy atom. The molecule has 0 aliphatic rings. The Bertz CT molecular complexity index is 1350. The van der Waals surface area contributed by atoms with Crippen molar-refractivity contribution in [1.82, 2.24) is 19.5 Å². The summed E-state index contributed by atoms with van der Waals surface area (Å²) < 4.78 is 1.95. The molecule has 0 saturated heterocycles. The van der Waals surface area contributed by atoms with E-state index in [0.29, 0.717) is 15.7 Å². The first-order valence-electron chi connectivity index (χ1n) is 9.45. The second kappa shape index (κ2) is 8.18. The average molecular weight is 464 g/mol. The van der Waals surface area contributed by atoms with Crippen LogP contribution in [0, 0.1) is 6.92 Å². The summed E-state index contributed by atoms with van der Waals surface area (Å²) in [6, 6.07) is 11.9. The Labute approximate surface area is 190 Å². The Balaban J connectivity index is 1.49. The summed E-state index contributed by atoms with van der Waals surface area (Å²) in [5, 5.41) is 8.40. The van der Waals surface area contributed by atoms with Crippen LogP contribution in [0.25, 0.3) is 32.5 Å². The van der Waals surface area contributed by atoms with Crippen LogP contribution in [0.4, 0.5) is 5.13 Å². The smallest absolute Gasteiger partial charge is 0.269 e. The first-order chi connectivity index (χ1) is 15.1. The molecule has 5 rings (SSSR count). The van der Waals surface area contributed by atoms with Crippen LogP contribution >= 0.6 is 34.0 Å². The van der Waals surface area contributed by atoms with E-state index < -0.39 is 0 Å². The SMILES string of the molecule is Cc1nc(-c2ccsc2)sc1C(=O)Nc1nc(-c2ccccc2)c(-c2nccn2C)s1. The number of thiazole rings is 2. The van der Waals surface area contributed by atoms with Gasteiger partial charge in [-0.1, -0.05) is 41.7 Å². The molecule has 0 fully saturated rings. The van der Waals surface area contributed by atoms with Crippen molar-refractivity contribution < 1.29 is 4.79 Å². The van der Waals surface area contributed by atoms with Gasteiger partial charge in [-0.2, -0.15) is 11.3 Å². The van der Waals surface area contributed by atoms with Crippen LogP contribution in [0.1, 0.15) is 15.4 Å². The third kappa shape index (κ3) is 3.83. The van der Waals surface area contributed by atoms with E-state index in [0.717, 1.165) is 32.5 Å². The summed E-state index contributed by atoms with van der Waals surface area (Å²) in [6.45, 7) is 1.86. The molecule has 31 heavy (non-hydrogen) atoms. The van der Waals surface area contributed by atoms with Crippen LogP contribution in [-0.4, -0.2) is 25.4 Å². The second-order valence-electron chi connectivity index (χ2n) is 6.82. The lowest BCUT2D eigenvalue weighted by molar-refractivity contribution is 0.103. The maximum Gasteiger partial charge on any atom is 0.269 e. The number of aryl methyl sites for hydroxylation is 2. The van der Waals surface area contributed by atoms with Crippen LogP contribution < -0.4 is 5.32 Å². The fourth-order valence-corrected chi connectivity index (χ4v) is 5.87. The van der Waals surface area contributed by atoms with E-state index in [9.17, 15) is 4.79 Å². The normalized spacial score (nSPS) is 11.0. The number of benzene rings is 1. The van der Waals surface area contributed by atoms with Gasteiger partial charge in [0.15, 0.2) is 11.0 Å². The molecule has 4 aromatic heterocycles. The van der Waals surface area contributed by atoms with Gasteiger partial charge in [0, 0.05) is 35.9 Å². The fourth-order valence-electron chi connectivity index (χ4n) is 3.17. The second-order valence-corrected chi connectivity index (χ2v) is 9.60. The highest BCUT2D eigenvalue weighted by atomic mass is 32.1. The Hall–Kier alpha value is -3.14. The van der Waals surface area contributed by atoms with E-state index in [1.54, 1.807) is 17.5 Å². The summed E-state index contributed by atoms with van der Waals surface area (Å²) in [6.07, 6.45) is 3.66. The lowest BCUT2D eigenvalue weighted by Crippen LogP contribution is -2.11. The van der Waals surface area contributed by atoms with Crippen molar-refractivity contribution in [3.05, 3.63) is 70.1 Å². The summed E-state index contributed by atoms with van der Waals surface area (Å²) >= 11 is 4.43. The Morgan fingerprint density at radius 2 is 1.90 bits per heavy atom. The minimum Gasteiger partial charge on any atom is -0.333 e. The van der Waals surface area contributed by atoms with Gasteiger partial charge in [0.25, 0.3) is 5.91 Å². The van der Waals surface area contributed by atoms with E-state index in [2.05, 4.69) is 15.3 Å². The molecule has 0 radical (unpaired) electrons. The summed E-state index contributed by atoms with van der Waals surface area (Å²) in [7, 11) is 1.95. The third-order valence-electron chi connectivity index (χ3n) is 4.69. The van der Waals surface area contributed by atoms with Gasteiger partial charge in [0.05, 0.1) is 16.3 Å². The molecule has 0 atom stereocenters. The van der Waals surface area contributed by atoms with E-state index >= 15 is 0 Å². The van der Waals surface area contributed by atoms with E-state index in [1.807, 2.05) is 71.9 Å². The minimum absolute atomic E-state index is 0.198. The number of thiophene rings is 1. The molecule has 0 aliphatic heterocycles. The van der Waals surface area contributed by atoms with Crippen LogP contribution in [-0.2, 0) is 7.05 Å². The summed E-state index contributed by atoms with van der Waals surface area (Å²) in [5.74, 6) is 0.613. The minimum atomic E-state index is -0.198. The molecule has 6 nitrogen and oxygen atoms in total. The van der Waals surface area contributed by atoms with Crippen LogP contribution in [0.15, 0.2) is 59.6 Å². The van der Waals surface area contributed by atoms with Gasteiger partial charge >= 0.3 is 0 Å². The number of carbonyl (C=O) groups is 1. The van der Waals surface area contributed by atoms with Gasteiger partial charge in [-0.25, -0.2) is 15.0 Å². The number of nitrogens with one attached hydrogen (secondary N) is 1. The van der Waals surface area contributed by atoms with Crippen molar-refractivity contribution in [3.63, 3.8) is 0 Å². The number of hydrogen-bond acceptors (Lipinski definition) is 7. The van der Waals surface area contributed by atoms with E-state index in [-0.39, 0.29) is 5.91 Å². The predicted octanol–water partition coefficient (Wildman–Crippen LogP) is 5.96. The third-order valence-corrected chi connectivity index (χ3v) is 7.55. The first kappa shape index (κ1) is 19.8. The zero-order valence-corrected chi connectivity index (χ0v) is 19.1. The largest absolute Gasteiger partial charge is 0.333 e. The van der Waals surface area contributed by atoms with Crippen molar-refractivity contribution in [3.8, 4) is 32.5 Å². The highest BCUT2D eigenvalue weighted by molar-refractivity contribution is 7.20. The number of nitrogens with zero attached hydrogens (tertiary/aromatic N) is 4. The van der Waals surface area contributed by atoms with Gasteiger partial charge < -0.3 is 4.57 Å². The standard InChI is InChI=1S/C22H17N5OS3/c1-13-17(30-21(24-13)15-8-11-29-12-15)20(28)26-22-25-16(14-6-4-3-5-7-14)18(31-22)19-23-9-10-27(19)2/h3-12H,1-2H3,(H,25,26,28). The Kier molecular flexibility index (Phi) is 5.23. The van der Waals surface area contributed by atoms with Crippen LogP contribution in [0.2, 0.25) is 0 Å². The summed E-state index contributed by atoms with van der Waals surface area (Å²) in [4.78, 5) is 28.3. The van der Waals surface area contributed by atoms with Crippen molar-refractivity contribution >= 4 is 45.0 Å². The predicted molar refractivity (Wildman–Crippen MR) is 128 cm³/mol. The number of carbonyl (C=O) groups excluding carboxylic acids is 1. The quantitative estimate of drug-likeness (QED) is 0.349. The molecule has 5 aromatic rings. The number of amides is 1. The zero-order chi connectivity index (χ0) is 21.4. The molecule has 0 bridgehead atoms. The Morgan fingerprint density at radius 1 is 1.06 bits per heavy atom. The molecule has 0 spiro atoms. The van der Waals surface area contributed by atoms with Crippen LogP contribution in [0.5, 0.6) is 0 Å². The number of hydrogen-bond donors (Lipinski definition) is 1. The molecular weight excluding hydrogens is 446 g/mol. The highest BCUT2D eigenvalue weighted by Gasteiger charge is 2.22. The van der Waals surface area contributed by atoms with Gasteiger partial charge in [-0.3, -0.25) is 10.1 Å². The molecule has 0 aliphatic carbocycles. The molecule has 1 N–H and O–H groups in total. The lowest BCUT2D eigenvalue weighted by Gasteiger charge is -2.02. The van der Waals surface area contributed by atoms with E-state index in [1.165, 1.54) is 22.7 Å². The molecule has 1 amide bonds. The topological polar surface area (TPSA) is 72.7 Å². The van der Waals surface area contributed by atoms with Crippen molar-refractivity contribution in [1.29, 1.82) is 0 Å². The highest BCUT2D eigenvalue weighted by Crippen LogP contribution is 2.38. The maximum absolute atomic E-state index is 13.0. The zero-order valence-electron chi connectivity index (χ0n) is 16.7. The van der Waals surface area contributed by atoms with Gasteiger partial charge in [-0.05, 0) is 18.4 Å². The average Bonchev–Trinajstić information content (AvgIpc) is 3.55. The molecule has 4 heterocycles. The van der Waals surface area contributed by atoms with Gasteiger partial charge in [-0.15, -0.1) is 11.3 Å². The molecule has 0 saturated carbocycles. The number of aromatic nitrogens is 4. The number of imidazole rings is 1. The maximum atomic E-state index is 13.0. The molecule has 0 unspecified atom stereocenters. The molecule has 1 aromatic carbocycles. The molecule has 9 heteroatoms. The monoisotopic (exact) mass is 463 g/mol. The lowest BCUT2D eigenvalue weighted by atomic mass is 10.1. The first-order valence-corrected chi connectivity index (χ1v) is 12.0. The van der Waals surface area contributed by atoms with E-state index in [4.69, 9.17) is 4.98 Å². The van der Waals surface area contributed by atoms with Crippen LogP contribution in [0.3, 0.4) is 0 Å². The fraction of sp³-hybridized carbons (Fsp3) is 0.0909. The van der Waals surface area contributed by atoms with Crippen molar-refractivity contribution in [2.24, 2.45) is 7.05 Å². The number of anilines is 1. The molecule has 154 valence electrons. The molecular formula is C22H17N5OS3. The van der Waals surface area contributed by atoms with Gasteiger partial charge in [0.2, 0.25) is 0 Å². The van der Waals surface area contributed by atoms with Crippen molar-refractivity contribution in [2.75, 3.05) is 5.32 Å². The summed E-state index contributed by atoms with van der Waals surface area (Å²) in [5.41, 5.74) is 3.53. The van der Waals surface area contributed by atoms with Gasteiger partial charge in [0.1, 0.15) is 9.88 Å². The number of rotatable bonds is 5. The van der Waals surface area contributed by atoms with Crippen molar-refractivity contribution in [2.45, 2.75) is 6.92 Å².